The first kappa shape index (κ1) is 18.2. The highest BCUT2D eigenvalue weighted by atomic mass is 16.5. The molecule has 0 atom stereocenters. The van der Waals surface area contributed by atoms with Gasteiger partial charge in [0.25, 0.3) is 5.91 Å². The molecular weight excluding hydrogens is 354 g/mol. The Morgan fingerprint density at radius 3 is 2.86 bits per heavy atom. The minimum absolute atomic E-state index is 0.0206. The van der Waals surface area contributed by atoms with Crippen molar-refractivity contribution in [1.29, 1.82) is 0 Å². The zero-order valence-corrected chi connectivity index (χ0v) is 16.3. The van der Waals surface area contributed by atoms with Gasteiger partial charge in [-0.3, -0.25) is 14.5 Å². The summed E-state index contributed by atoms with van der Waals surface area (Å²) >= 11 is 0. The van der Waals surface area contributed by atoms with Crippen LogP contribution >= 0.6 is 0 Å². The predicted octanol–water partition coefficient (Wildman–Crippen LogP) is 2.60. The van der Waals surface area contributed by atoms with E-state index in [1.54, 1.807) is 12.3 Å². The van der Waals surface area contributed by atoms with Crippen molar-refractivity contribution in [3.63, 3.8) is 0 Å². The maximum atomic E-state index is 12.9. The number of nitrogens with zero attached hydrogens (tertiary/aromatic N) is 5. The van der Waals surface area contributed by atoms with Crippen LogP contribution in [0.4, 0.5) is 0 Å². The number of aryl methyl sites for hydroxylation is 3. The Morgan fingerprint density at radius 1 is 1.21 bits per heavy atom. The molecule has 0 bridgehead atoms. The molecule has 0 fully saturated rings. The third kappa shape index (κ3) is 3.60. The van der Waals surface area contributed by atoms with Crippen molar-refractivity contribution in [3.8, 4) is 5.88 Å². The number of aromatic nitrogens is 4. The summed E-state index contributed by atoms with van der Waals surface area (Å²) in [6.45, 7) is 5.35. The molecule has 3 aromatic heterocycles. The van der Waals surface area contributed by atoms with Gasteiger partial charge in [-0.1, -0.05) is 6.07 Å². The van der Waals surface area contributed by atoms with Crippen molar-refractivity contribution in [2.24, 2.45) is 7.05 Å². The average Bonchev–Trinajstić information content (AvgIpc) is 3.01. The van der Waals surface area contributed by atoms with E-state index in [9.17, 15) is 4.79 Å². The molecule has 1 aliphatic rings. The molecule has 7 heteroatoms. The lowest BCUT2D eigenvalue weighted by atomic mass is 10.0. The fourth-order valence-electron chi connectivity index (χ4n) is 3.56. The number of hydrogen-bond acceptors (Lipinski definition) is 5. The van der Waals surface area contributed by atoms with Gasteiger partial charge in [0.15, 0.2) is 0 Å². The molecule has 0 saturated carbocycles. The van der Waals surface area contributed by atoms with Crippen LogP contribution in [0, 0.1) is 13.8 Å². The topological polar surface area (TPSA) is 73.1 Å². The molecule has 144 valence electrons. The molecule has 3 aromatic rings. The van der Waals surface area contributed by atoms with Crippen molar-refractivity contribution >= 4 is 5.91 Å². The lowest BCUT2D eigenvalue weighted by Crippen LogP contribution is -2.36. The second kappa shape index (κ2) is 7.42. The maximum Gasteiger partial charge on any atom is 0.254 e. The van der Waals surface area contributed by atoms with Crippen LogP contribution in [0.25, 0.3) is 0 Å². The second-order valence-corrected chi connectivity index (χ2v) is 7.06. The summed E-state index contributed by atoms with van der Waals surface area (Å²) in [6, 6.07) is 9.28. The highest BCUT2D eigenvalue weighted by Crippen LogP contribution is 2.24. The molecule has 0 radical (unpaired) electrons. The minimum Gasteiger partial charge on any atom is -0.471 e. The third-order valence-corrected chi connectivity index (χ3v) is 4.98. The Hall–Kier alpha value is -3.22. The third-order valence-electron chi connectivity index (χ3n) is 4.98. The monoisotopic (exact) mass is 377 g/mol. The minimum atomic E-state index is 0.0206. The van der Waals surface area contributed by atoms with Crippen molar-refractivity contribution in [2.45, 2.75) is 33.4 Å². The SMILES string of the molecule is Cc1cc(C(=O)N2CCc3c(c(COc4cccc(C)n4)nn3C)C2)ccn1. The van der Waals surface area contributed by atoms with E-state index in [0.717, 1.165) is 34.8 Å². The Kier molecular flexibility index (Phi) is 4.81. The van der Waals surface area contributed by atoms with Crippen LogP contribution in [-0.2, 0) is 26.6 Å². The molecule has 0 aliphatic carbocycles. The quantitative estimate of drug-likeness (QED) is 0.699. The van der Waals surface area contributed by atoms with Crippen LogP contribution in [-0.4, -0.2) is 37.1 Å². The summed E-state index contributed by atoms with van der Waals surface area (Å²) in [5, 5.41) is 4.63. The average molecular weight is 377 g/mol. The van der Waals surface area contributed by atoms with Gasteiger partial charge in [-0.15, -0.1) is 0 Å². The first-order chi connectivity index (χ1) is 13.5. The van der Waals surface area contributed by atoms with E-state index in [1.165, 1.54) is 0 Å². The second-order valence-electron chi connectivity index (χ2n) is 7.06. The molecule has 1 aliphatic heterocycles. The Labute approximate surface area is 164 Å². The number of amides is 1. The summed E-state index contributed by atoms with van der Waals surface area (Å²) in [4.78, 5) is 23.3. The Morgan fingerprint density at radius 2 is 2.07 bits per heavy atom. The van der Waals surface area contributed by atoms with E-state index in [4.69, 9.17) is 4.74 Å². The summed E-state index contributed by atoms with van der Waals surface area (Å²) in [5.41, 5.74) is 5.49. The van der Waals surface area contributed by atoms with E-state index in [-0.39, 0.29) is 5.91 Å². The Balaban J connectivity index is 1.53. The van der Waals surface area contributed by atoms with Gasteiger partial charge in [-0.25, -0.2) is 4.98 Å². The smallest absolute Gasteiger partial charge is 0.254 e. The van der Waals surface area contributed by atoms with Gasteiger partial charge in [-0.05, 0) is 32.0 Å². The maximum absolute atomic E-state index is 12.9. The number of pyridine rings is 2. The first-order valence-corrected chi connectivity index (χ1v) is 9.33. The number of carbonyl (C=O) groups excluding carboxylic acids is 1. The standard InChI is InChI=1S/C21H23N5O2/c1-14-5-4-6-20(23-14)28-13-18-17-12-26(10-8-19(17)25(3)24-18)21(27)16-7-9-22-15(2)11-16/h4-7,9,11H,8,10,12-13H2,1-3H3. The number of ether oxygens (including phenoxy) is 1. The molecular formula is C21H23N5O2. The summed E-state index contributed by atoms with van der Waals surface area (Å²) in [6.07, 6.45) is 2.45. The van der Waals surface area contributed by atoms with E-state index >= 15 is 0 Å². The molecule has 4 heterocycles. The van der Waals surface area contributed by atoms with Crippen molar-refractivity contribution in [1.82, 2.24) is 24.6 Å². The molecule has 28 heavy (non-hydrogen) atoms. The molecule has 0 aromatic carbocycles. The Bertz CT molecular complexity index is 1030. The van der Waals surface area contributed by atoms with Crippen LogP contribution < -0.4 is 4.74 Å². The normalized spacial score (nSPS) is 13.3. The highest BCUT2D eigenvalue weighted by Gasteiger charge is 2.27. The lowest BCUT2D eigenvalue weighted by Gasteiger charge is -2.28. The fourth-order valence-corrected chi connectivity index (χ4v) is 3.56. The van der Waals surface area contributed by atoms with Crippen LogP contribution in [0.5, 0.6) is 5.88 Å². The zero-order chi connectivity index (χ0) is 19.7. The number of hydrogen-bond donors (Lipinski definition) is 0. The van der Waals surface area contributed by atoms with Crippen molar-refractivity contribution in [2.75, 3.05) is 6.54 Å². The molecule has 4 rings (SSSR count). The fraction of sp³-hybridized carbons (Fsp3) is 0.333. The lowest BCUT2D eigenvalue weighted by molar-refractivity contribution is 0.0732. The van der Waals surface area contributed by atoms with E-state index < -0.39 is 0 Å². The first-order valence-electron chi connectivity index (χ1n) is 9.33. The van der Waals surface area contributed by atoms with Gasteiger partial charge in [0.05, 0.1) is 0 Å². The van der Waals surface area contributed by atoms with Crippen LogP contribution in [0.15, 0.2) is 36.5 Å². The van der Waals surface area contributed by atoms with Gasteiger partial charge < -0.3 is 9.64 Å². The molecule has 0 N–H and O–H groups in total. The van der Waals surface area contributed by atoms with Crippen LogP contribution in [0.2, 0.25) is 0 Å². The molecule has 0 saturated heterocycles. The van der Waals surface area contributed by atoms with Gasteiger partial charge in [0.1, 0.15) is 12.3 Å². The van der Waals surface area contributed by atoms with Crippen molar-refractivity contribution in [3.05, 3.63) is 70.4 Å². The van der Waals surface area contributed by atoms with E-state index in [1.807, 2.05) is 54.7 Å². The summed E-state index contributed by atoms with van der Waals surface area (Å²) in [5.74, 6) is 0.600. The molecule has 7 nitrogen and oxygen atoms in total. The molecule has 0 unspecified atom stereocenters. The van der Waals surface area contributed by atoms with Crippen LogP contribution in [0.1, 0.15) is 38.7 Å². The van der Waals surface area contributed by atoms with Gasteiger partial charge in [-0.2, -0.15) is 5.10 Å². The largest absolute Gasteiger partial charge is 0.471 e. The number of fused-ring (bicyclic) bond motifs is 1. The van der Waals surface area contributed by atoms with Gasteiger partial charge in [0.2, 0.25) is 5.88 Å². The molecule has 0 spiro atoms. The van der Waals surface area contributed by atoms with Gasteiger partial charge >= 0.3 is 0 Å². The number of rotatable bonds is 4. The summed E-state index contributed by atoms with van der Waals surface area (Å²) in [7, 11) is 1.94. The number of carbonyl (C=O) groups is 1. The van der Waals surface area contributed by atoms with Gasteiger partial charge in [0, 0.05) is 67.0 Å². The van der Waals surface area contributed by atoms with E-state index in [0.29, 0.717) is 31.1 Å². The summed E-state index contributed by atoms with van der Waals surface area (Å²) < 4.78 is 7.75. The van der Waals surface area contributed by atoms with Crippen molar-refractivity contribution < 1.29 is 9.53 Å². The highest BCUT2D eigenvalue weighted by molar-refractivity contribution is 5.94. The predicted molar refractivity (Wildman–Crippen MR) is 104 cm³/mol. The zero-order valence-electron chi connectivity index (χ0n) is 16.3. The van der Waals surface area contributed by atoms with Crippen LogP contribution in [0.3, 0.4) is 0 Å². The molecule has 1 amide bonds. The van der Waals surface area contributed by atoms with E-state index in [2.05, 4.69) is 15.1 Å².